The predicted molar refractivity (Wildman–Crippen MR) is 250 cm³/mol. The highest BCUT2D eigenvalue weighted by Crippen LogP contribution is 2.65. The first-order valence-electron chi connectivity index (χ1n) is 20.8. The average Bonchev–Trinajstić information content (AvgIpc) is 3.73. The molecule has 12 rings (SSSR count). The van der Waals surface area contributed by atoms with Crippen molar-refractivity contribution in [3.05, 3.63) is 233 Å². The fraction of sp³-hybridized carbons (Fsp3) is 0.0690. The van der Waals surface area contributed by atoms with Gasteiger partial charge in [0, 0.05) is 16.8 Å². The van der Waals surface area contributed by atoms with E-state index in [0.29, 0.717) is 0 Å². The molecular formula is C58H41N. The molecule has 0 saturated heterocycles. The Bertz CT molecular complexity index is 3280. The van der Waals surface area contributed by atoms with Gasteiger partial charge in [-0.15, -0.1) is 0 Å². The molecule has 0 radical (unpaired) electrons. The smallest absolute Gasteiger partial charge is 0.0726 e. The molecule has 2 aliphatic rings. The van der Waals surface area contributed by atoms with Crippen LogP contribution in [-0.4, -0.2) is 0 Å². The van der Waals surface area contributed by atoms with Crippen molar-refractivity contribution in [1.82, 2.24) is 0 Å². The molecule has 0 N–H and O–H groups in total. The summed E-state index contributed by atoms with van der Waals surface area (Å²) in [6.45, 7) is 6.72. The van der Waals surface area contributed by atoms with Crippen LogP contribution in [0.3, 0.4) is 0 Å². The molecule has 0 amide bonds. The summed E-state index contributed by atoms with van der Waals surface area (Å²) < 4.78 is 0. The second-order valence-electron chi connectivity index (χ2n) is 16.6. The average molecular weight is 752 g/mol. The van der Waals surface area contributed by atoms with Crippen molar-refractivity contribution in [2.24, 2.45) is 0 Å². The Hall–Kier alpha value is -7.22. The maximum absolute atomic E-state index is 2.55. The molecule has 10 aromatic carbocycles. The van der Waals surface area contributed by atoms with Gasteiger partial charge in [-0.3, -0.25) is 0 Å². The number of fused-ring (bicyclic) bond motifs is 16. The van der Waals surface area contributed by atoms with E-state index in [1.54, 1.807) is 0 Å². The van der Waals surface area contributed by atoms with Gasteiger partial charge in [-0.25, -0.2) is 0 Å². The molecule has 1 nitrogen and oxygen atoms in total. The maximum Gasteiger partial charge on any atom is 0.0726 e. The van der Waals surface area contributed by atoms with Gasteiger partial charge in [0.15, 0.2) is 0 Å². The molecule has 0 heterocycles. The molecular weight excluding hydrogens is 711 g/mol. The van der Waals surface area contributed by atoms with Gasteiger partial charge in [0.2, 0.25) is 0 Å². The van der Waals surface area contributed by atoms with Crippen LogP contribution in [0.15, 0.2) is 194 Å². The normalized spacial score (nSPS) is 13.1. The van der Waals surface area contributed by atoms with Crippen molar-refractivity contribution < 1.29 is 0 Å². The molecule has 0 aromatic heterocycles. The van der Waals surface area contributed by atoms with E-state index in [0.717, 1.165) is 11.4 Å². The van der Waals surface area contributed by atoms with E-state index in [4.69, 9.17) is 0 Å². The number of benzene rings is 10. The van der Waals surface area contributed by atoms with Gasteiger partial charge in [0.25, 0.3) is 0 Å². The Morgan fingerprint density at radius 2 is 0.814 bits per heavy atom. The number of nitrogens with zero attached hydrogens (tertiary/aromatic N) is 1. The number of hydrogen-bond acceptors (Lipinski definition) is 1. The SMILES string of the molecule is Cc1ccc2c(c1)C1(c3cc(C)ccc3-2)c2cc(C)ccc2-c2c(N(c3ccc4c5ccccc5c5ccccc5c4c3)c3ccccc3-c3ccccc3)cccc21. The van der Waals surface area contributed by atoms with Crippen LogP contribution >= 0.6 is 0 Å². The number of rotatable bonds is 4. The van der Waals surface area contributed by atoms with Gasteiger partial charge >= 0.3 is 0 Å². The van der Waals surface area contributed by atoms with Gasteiger partial charge < -0.3 is 4.90 Å². The second kappa shape index (κ2) is 12.6. The number of aryl methyl sites for hydroxylation is 3. The third-order valence-corrected chi connectivity index (χ3v) is 13.2. The molecule has 0 bridgehead atoms. The Labute approximate surface area is 345 Å². The monoisotopic (exact) mass is 751 g/mol. The highest BCUT2D eigenvalue weighted by atomic mass is 15.1. The van der Waals surface area contributed by atoms with Crippen molar-refractivity contribution in [2.45, 2.75) is 26.2 Å². The molecule has 0 aliphatic heterocycles. The summed E-state index contributed by atoms with van der Waals surface area (Å²) in [5, 5.41) is 7.63. The summed E-state index contributed by atoms with van der Waals surface area (Å²) in [6, 6.07) is 73.1. The van der Waals surface area contributed by atoms with Crippen LogP contribution < -0.4 is 4.90 Å². The zero-order valence-electron chi connectivity index (χ0n) is 33.4. The standard InChI is InChI=1S/C58H41N/c1-36-24-28-47-48-29-25-37(2)33-53(48)58(52(47)32-36)51-21-13-23-56(57(51)49-30-26-38(3)34-54(49)58)59(55-22-12-11-16-41(55)39-14-5-4-6-15-39)40-27-31-46-44-19-8-7-17-42(44)43-18-9-10-20-45(43)50(46)35-40/h4-35H,1-3H3. The van der Waals surface area contributed by atoms with Gasteiger partial charge in [-0.2, -0.15) is 0 Å². The van der Waals surface area contributed by atoms with E-state index in [1.165, 1.54) is 110 Å². The molecule has 278 valence electrons. The van der Waals surface area contributed by atoms with Gasteiger partial charge in [0.05, 0.1) is 16.8 Å². The van der Waals surface area contributed by atoms with E-state index in [-0.39, 0.29) is 0 Å². The van der Waals surface area contributed by atoms with Crippen molar-refractivity contribution in [3.8, 4) is 33.4 Å². The lowest BCUT2D eigenvalue weighted by molar-refractivity contribution is 0.790. The Morgan fingerprint density at radius 1 is 0.322 bits per heavy atom. The molecule has 0 fully saturated rings. The van der Waals surface area contributed by atoms with Crippen LogP contribution in [0, 0.1) is 20.8 Å². The Balaban J connectivity index is 1.21. The first kappa shape index (κ1) is 33.9. The van der Waals surface area contributed by atoms with E-state index < -0.39 is 5.41 Å². The summed E-state index contributed by atoms with van der Waals surface area (Å²) in [4.78, 5) is 2.55. The van der Waals surface area contributed by atoms with E-state index >= 15 is 0 Å². The third-order valence-electron chi connectivity index (χ3n) is 13.2. The molecule has 10 aromatic rings. The summed E-state index contributed by atoms with van der Waals surface area (Å²) >= 11 is 0. The van der Waals surface area contributed by atoms with Crippen molar-refractivity contribution in [1.29, 1.82) is 0 Å². The van der Waals surface area contributed by atoms with Gasteiger partial charge in [-0.05, 0) is 122 Å². The number of anilines is 3. The van der Waals surface area contributed by atoms with E-state index in [2.05, 4.69) is 220 Å². The zero-order chi connectivity index (χ0) is 39.4. The van der Waals surface area contributed by atoms with E-state index in [9.17, 15) is 0 Å². The van der Waals surface area contributed by atoms with Crippen LogP contribution in [0.2, 0.25) is 0 Å². The number of para-hydroxylation sites is 1. The highest BCUT2D eigenvalue weighted by Gasteiger charge is 2.52. The quantitative estimate of drug-likeness (QED) is 0.162. The zero-order valence-corrected chi connectivity index (χ0v) is 33.4. The number of hydrogen-bond donors (Lipinski definition) is 0. The maximum atomic E-state index is 2.55. The summed E-state index contributed by atoms with van der Waals surface area (Å²) in [5.41, 5.74) is 19.9. The molecule has 2 aliphatic carbocycles. The Morgan fingerprint density at radius 3 is 1.44 bits per heavy atom. The first-order chi connectivity index (χ1) is 29.0. The lowest BCUT2D eigenvalue weighted by Gasteiger charge is -2.33. The lowest BCUT2D eigenvalue weighted by Crippen LogP contribution is -2.26. The van der Waals surface area contributed by atoms with Crippen molar-refractivity contribution in [3.63, 3.8) is 0 Å². The van der Waals surface area contributed by atoms with Crippen LogP contribution in [-0.2, 0) is 5.41 Å². The molecule has 1 spiro atoms. The molecule has 0 unspecified atom stereocenters. The summed E-state index contributed by atoms with van der Waals surface area (Å²) in [7, 11) is 0. The van der Waals surface area contributed by atoms with Gasteiger partial charge in [0.1, 0.15) is 0 Å². The first-order valence-corrected chi connectivity index (χ1v) is 20.8. The third kappa shape index (κ3) is 4.73. The molecule has 59 heavy (non-hydrogen) atoms. The lowest BCUT2D eigenvalue weighted by atomic mass is 9.70. The van der Waals surface area contributed by atoms with Crippen molar-refractivity contribution >= 4 is 49.4 Å². The molecule has 0 saturated carbocycles. The highest BCUT2D eigenvalue weighted by molar-refractivity contribution is 6.26. The fourth-order valence-corrected chi connectivity index (χ4v) is 10.8. The van der Waals surface area contributed by atoms with Crippen LogP contribution in [0.1, 0.15) is 38.9 Å². The minimum Gasteiger partial charge on any atom is -0.309 e. The van der Waals surface area contributed by atoms with Crippen LogP contribution in [0.25, 0.3) is 65.7 Å². The minimum absolute atomic E-state index is 0.460. The fourth-order valence-electron chi connectivity index (χ4n) is 10.8. The van der Waals surface area contributed by atoms with Gasteiger partial charge in [-0.1, -0.05) is 187 Å². The summed E-state index contributed by atoms with van der Waals surface area (Å²) in [5.74, 6) is 0. The van der Waals surface area contributed by atoms with Crippen LogP contribution in [0.4, 0.5) is 17.1 Å². The summed E-state index contributed by atoms with van der Waals surface area (Å²) in [6.07, 6.45) is 0. The molecule has 0 atom stereocenters. The predicted octanol–water partition coefficient (Wildman–Crippen LogP) is 15.6. The van der Waals surface area contributed by atoms with Crippen LogP contribution in [0.5, 0.6) is 0 Å². The van der Waals surface area contributed by atoms with Crippen molar-refractivity contribution in [2.75, 3.05) is 4.90 Å². The minimum atomic E-state index is -0.460. The Kier molecular flexibility index (Phi) is 7.26. The second-order valence-corrected chi connectivity index (χ2v) is 16.6. The molecule has 1 heteroatoms. The van der Waals surface area contributed by atoms with E-state index in [1.807, 2.05) is 0 Å². The topological polar surface area (TPSA) is 3.24 Å². The largest absolute Gasteiger partial charge is 0.309 e.